The van der Waals surface area contributed by atoms with Crippen LogP contribution < -0.4 is 16.0 Å². The fraction of sp³-hybridized carbons (Fsp3) is 0.912. The van der Waals surface area contributed by atoms with E-state index in [1.54, 1.807) is 0 Å². The van der Waals surface area contributed by atoms with Crippen LogP contribution in [0, 0.1) is 23.2 Å². The third-order valence-electron chi connectivity index (χ3n) is 10.5. The monoisotopic (exact) mass is 603 g/mol. The van der Waals surface area contributed by atoms with E-state index in [0.29, 0.717) is 37.0 Å². The highest BCUT2D eigenvalue weighted by Crippen LogP contribution is 2.65. The van der Waals surface area contributed by atoms with Crippen molar-refractivity contribution in [2.75, 3.05) is 6.54 Å². The highest BCUT2D eigenvalue weighted by atomic mass is 16.7. The van der Waals surface area contributed by atoms with E-state index in [0.717, 1.165) is 44.9 Å². The predicted octanol–water partition coefficient (Wildman–Crippen LogP) is 6.11. The number of nitrogens with one attached hydrogen (secondary N) is 3. The third kappa shape index (κ3) is 9.69. The molecule has 3 aliphatic carbocycles. The van der Waals surface area contributed by atoms with Crippen molar-refractivity contribution < 1.29 is 23.7 Å². The zero-order valence-corrected chi connectivity index (χ0v) is 28.4. The molecule has 1 heterocycles. The maximum atomic E-state index is 13.8. The van der Waals surface area contributed by atoms with Crippen molar-refractivity contribution in [3.63, 3.8) is 0 Å². The number of carbonyl (C=O) groups excluding carboxylic acids is 3. The van der Waals surface area contributed by atoms with Crippen LogP contribution in [0.3, 0.4) is 0 Å². The Kier molecular flexibility index (Phi) is 13.9. The average Bonchev–Trinajstić information content (AvgIpc) is 3.31. The van der Waals surface area contributed by atoms with Gasteiger partial charge in [-0.1, -0.05) is 92.9 Å². The summed E-state index contributed by atoms with van der Waals surface area (Å²) in [5.74, 6) is 0.498. The lowest BCUT2D eigenvalue weighted by atomic mass is 9.43. The molecule has 1 aliphatic heterocycles. The maximum Gasteiger partial charge on any atom is 0.481 e. The first kappa shape index (κ1) is 35.9. The van der Waals surface area contributed by atoms with Gasteiger partial charge in [-0.05, 0) is 62.2 Å². The third-order valence-corrected chi connectivity index (χ3v) is 10.5. The van der Waals surface area contributed by atoms with Crippen LogP contribution in [0.25, 0.3) is 0 Å². The predicted molar refractivity (Wildman–Crippen MR) is 173 cm³/mol. The molecule has 9 heteroatoms. The summed E-state index contributed by atoms with van der Waals surface area (Å²) < 4.78 is 13.3. The Morgan fingerprint density at radius 3 is 2.09 bits per heavy atom. The number of amides is 3. The van der Waals surface area contributed by atoms with Crippen molar-refractivity contribution in [1.82, 2.24) is 16.0 Å². The number of carbonyl (C=O) groups is 3. The molecule has 0 aromatic rings. The Bertz CT molecular complexity index is 914. The van der Waals surface area contributed by atoms with Gasteiger partial charge >= 0.3 is 7.12 Å². The van der Waals surface area contributed by atoms with Crippen molar-refractivity contribution in [1.29, 1.82) is 0 Å². The van der Waals surface area contributed by atoms with E-state index in [9.17, 15) is 14.4 Å². The van der Waals surface area contributed by atoms with Gasteiger partial charge in [0.2, 0.25) is 17.7 Å². The summed E-state index contributed by atoms with van der Waals surface area (Å²) in [6.45, 7) is 15.5. The van der Waals surface area contributed by atoms with Gasteiger partial charge in [-0.3, -0.25) is 14.4 Å². The van der Waals surface area contributed by atoms with E-state index >= 15 is 0 Å². The summed E-state index contributed by atoms with van der Waals surface area (Å²) in [5, 5.41) is 9.02. The lowest BCUT2D eigenvalue weighted by Crippen LogP contribution is -2.65. The van der Waals surface area contributed by atoms with Gasteiger partial charge in [-0.15, -0.1) is 0 Å². The fourth-order valence-electron chi connectivity index (χ4n) is 7.66. The van der Waals surface area contributed by atoms with Crippen molar-refractivity contribution in [2.45, 2.75) is 168 Å². The van der Waals surface area contributed by atoms with Crippen LogP contribution in [-0.2, 0) is 23.7 Å². The number of rotatable bonds is 20. The van der Waals surface area contributed by atoms with Gasteiger partial charge < -0.3 is 25.3 Å². The van der Waals surface area contributed by atoms with E-state index in [2.05, 4.69) is 64.4 Å². The summed E-state index contributed by atoms with van der Waals surface area (Å²) in [6, 6.07) is -0.854. The molecule has 0 unspecified atom stereocenters. The molecular formula is C34H62BN3O5. The molecule has 0 spiro atoms. The van der Waals surface area contributed by atoms with Crippen LogP contribution in [0.2, 0.25) is 0 Å². The number of unbranched alkanes of at least 4 members (excludes halogenated alkanes) is 8. The molecule has 4 aliphatic rings. The van der Waals surface area contributed by atoms with Gasteiger partial charge in [0.05, 0.1) is 17.6 Å². The molecule has 0 radical (unpaired) electrons. The Balaban J connectivity index is 1.62. The Hall–Kier alpha value is -1.61. The molecule has 0 aromatic heterocycles. The Labute approximate surface area is 262 Å². The van der Waals surface area contributed by atoms with Crippen LogP contribution in [0.4, 0.5) is 0 Å². The van der Waals surface area contributed by atoms with Gasteiger partial charge in [0.25, 0.3) is 0 Å². The number of hydrogen-bond donors (Lipinski definition) is 3. The largest absolute Gasteiger partial charge is 0.481 e. The van der Waals surface area contributed by atoms with E-state index in [1.165, 1.54) is 32.1 Å². The normalized spacial score (nSPS) is 26.8. The summed E-state index contributed by atoms with van der Waals surface area (Å²) >= 11 is 0. The first-order valence-corrected chi connectivity index (χ1v) is 17.6. The zero-order valence-electron chi connectivity index (χ0n) is 28.4. The highest BCUT2D eigenvalue weighted by Gasteiger charge is 2.68. The van der Waals surface area contributed by atoms with Crippen molar-refractivity contribution in [3.05, 3.63) is 0 Å². The minimum atomic E-state index is -0.854. The first-order valence-electron chi connectivity index (χ1n) is 17.6. The van der Waals surface area contributed by atoms with Gasteiger partial charge in [-0.2, -0.15) is 0 Å². The van der Waals surface area contributed by atoms with Crippen LogP contribution in [0.1, 0.15) is 145 Å². The number of hydrogen-bond acceptors (Lipinski definition) is 5. The Morgan fingerprint density at radius 2 is 1.44 bits per heavy atom. The summed E-state index contributed by atoms with van der Waals surface area (Å²) in [4.78, 5) is 39.2. The molecule has 6 atom stereocenters. The second-order valence-electron chi connectivity index (χ2n) is 14.8. The van der Waals surface area contributed by atoms with Crippen LogP contribution in [0.5, 0.6) is 0 Å². The molecule has 3 amide bonds. The lowest BCUT2D eigenvalue weighted by Gasteiger charge is -2.64. The molecule has 4 fully saturated rings. The van der Waals surface area contributed by atoms with Gasteiger partial charge in [0.1, 0.15) is 6.04 Å². The highest BCUT2D eigenvalue weighted by molar-refractivity contribution is 6.48. The maximum absolute atomic E-state index is 13.8. The second kappa shape index (κ2) is 16.6. The van der Waals surface area contributed by atoms with Gasteiger partial charge in [-0.25, -0.2) is 0 Å². The van der Waals surface area contributed by atoms with Crippen molar-refractivity contribution >= 4 is 24.8 Å². The molecule has 2 bridgehead atoms. The van der Waals surface area contributed by atoms with Crippen LogP contribution >= 0.6 is 0 Å². The standard InChI is InChI=1S/C34H62BN3O5/c1-8-10-12-13-14-15-17-19-31(40)37-26(23-36-30(39)18-16-11-9-2)32(41)38-29(20-24(3)4)35-42-28-22-25-21-27(33(25,5)6)34(28,7)43-35/h24-29H,8-23H2,1-7H3,(H,36,39)(H,37,40)(H,38,41)/t25-,26+,27-,28-,29+,34+/m1/s1. The van der Waals surface area contributed by atoms with Gasteiger partial charge in [0.15, 0.2) is 0 Å². The Morgan fingerprint density at radius 1 is 0.837 bits per heavy atom. The van der Waals surface area contributed by atoms with E-state index in [4.69, 9.17) is 9.31 Å². The smallest absolute Gasteiger partial charge is 0.404 e. The second-order valence-corrected chi connectivity index (χ2v) is 14.8. The molecular weight excluding hydrogens is 541 g/mol. The molecule has 1 saturated heterocycles. The van der Waals surface area contributed by atoms with Crippen LogP contribution in [0.15, 0.2) is 0 Å². The van der Waals surface area contributed by atoms with Crippen molar-refractivity contribution in [2.24, 2.45) is 23.2 Å². The quantitative estimate of drug-likeness (QED) is 0.115. The van der Waals surface area contributed by atoms with Crippen molar-refractivity contribution in [3.8, 4) is 0 Å². The van der Waals surface area contributed by atoms with Gasteiger partial charge in [0, 0.05) is 19.4 Å². The summed E-state index contributed by atoms with van der Waals surface area (Å²) in [5.41, 5.74) is -0.125. The molecule has 8 nitrogen and oxygen atoms in total. The SMILES string of the molecule is CCCCCCCCCC(=O)N[C@@H](CNC(=O)CCCCC)C(=O)N[C@@H](CC(C)C)B1O[C@@H]2C[C@H]3C[C@H](C3(C)C)[C@]2(C)O1. The molecule has 3 N–H and O–H groups in total. The summed E-state index contributed by atoms with van der Waals surface area (Å²) in [7, 11) is -0.538. The molecule has 246 valence electrons. The minimum Gasteiger partial charge on any atom is -0.404 e. The molecule has 4 rings (SSSR count). The first-order chi connectivity index (χ1) is 20.4. The topological polar surface area (TPSA) is 106 Å². The lowest BCUT2D eigenvalue weighted by molar-refractivity contribution is -0.199. The van der Waals surface area contributed by atoms with Crippen LogP contribution in [-0.4, -0.2) is 55.1 Å². The fourth-order valence-corrected chi connectivity index (χ4v) is 7.66. The molecule has 3 saturated carbocycles. The molecule has 0 aromatic carbocycles. The minimum absolute atomic E-state index is 0.0284. The van der Waals surface area contributed by atoms with E-state index < -0.39 is 13.2 Å². The molecule has 43 heavy (non-hydrogen) atoms. The average molecular weight is 604 g/mol. The van der Waals surface area contributed by atoms with E-state index in [1.807, 2.05) is 0 Å². The summed E-state index contributed by atoms with van der Waals surface area (Å²) in [6.07, 6.45) is 14.4. The zero-order chi connectivity index (χ0) is 31.6. The van der Waals surface area contributed by atoms with E-state index in [-0.39, 0.29) is 47.3 Å².